The van der Waals surface area contributed by atoms with Gasteiger partial charge in [-0.2, -0.15) is 0 Å². The average Bonchev–Trinajstić information content (AvgIpc) is 3.08. The second kappa shape index (κ2) is 8.74. The second-order valence-corrected chi connectivity index (χ2v) is 7.43. The zero-order chi connectivity index (χ0) is 21.0. The molecule has 2 aromatic carbocycles. The summed E-state index contributed by atoms with van der Waals surface area (Å²) in [6.45, 7) is 1.70. The number of anilines is 1. The fraction of sp³-hybridized carbons (Fsp3) is 0.211. The Balaban J connectivity index is 1.74. The van der Waals surface area contributed by atoms with Crippen molar-refractivity contribution in [3.8, 4) is 17.1 Å². The zero-order valence-electron chi connectivity index (χ0n) is 16.0. The Labute approximate surface area is 171 Å². The van der Waals surface area contributed by atoms with Gasteiger partial charge in [-0.1, -0.05) is 42.1 Å². The highest BCUT2D eigenvalue weighted by atomic mass is 32.2. The van der Waals surface area contributed by atoms with Crippen LogP contribution < -0.4 is 10.1 Å². The maximum Gasteiger partial charge on any atom is 0.296 e. The summed E-state index contributed by atoms with van der Waals surface area (Å²) >= 11 is 1.22. The summed E-state index contributed by atoms with van der Waals surface area (Å²) < 4.78 is 6.81. The molecule has 0 fully saturated rings. The van der Waals surface area contributed by atoms with Crippen molar-refractivity contribution >= 4 is 29.0 Å². The molecule has 150 valence electrons. The smallest absolute Gasteiger partial charge is 0.296 e. The number of carbonyl (C=O) groups excluding carboxylic acids is 1. The first-order chi connectivity index (χ1) is 13.9. The Morgan fingerprint density at radius 2 is 1.97 bits per heavy atom. The first-order valence-electron chi connectivity index (χ1n) is 8.65. The quantitative estimate of drug-likeness (QED) is 0.358. The van der Waals surface area contributed by atoms with Gasteiger partial charge in [-0.05, 0) is 19.1 Å². The number of aromatic nitrogens is 3. The third-order valence-corrected chi connectivity index (χ3v) is 5.31. The van der Waals surface area contributed by atoms with Gasteiger partial charge in [0, 0.05) is 12.6 Å². The lowest BCUT2D eigenvalue weighted by Gasteiger charge is -2.12. The lowest BCUT2D eigenvalue weighted by Crippen LogP contribution is -2.23. The average molecular weight is 413 g/mol. The summed E-state index contributed by atoms with van der Waals surface area (Å²) in [5.74, 6) is 0.642. The molecule has 3 aromatic rings. The largest absolute Gasteiger partial charge is 0.496 e. The van der Waals surface area contributed by atoms with Crippen molar-refractivity contribution in [3.05, 3.63) is 58.6 Å². The van der Waals surface area contributed by atoms with Crippen LogP contribution in [0.4, 0.5) is 11.4 Å². The number of nitro benzene ring substituents is 1. The van der Waals surface area contributed by atoms with Crippen molar-refractivity contribution < 1.29 is 14.5 Å². The SMILES string of the molecule is COc1ccc(NC(=O)[C@@H](C)Sc2nnc(-c3ccccc3)n2C)c([N+](=O)[O-])c1. The Kier molecular flexibility index (Phi) is 6.13. The van der Waals surface area contributed by atoms with E-state index in [0.29, 0.717) is 16.7 Å². The van der Waals surface area contributed by atoms with Crippen LogP contribution in [0.2, 0.25) is 0 Å². The molecule has 29 heavy (non-hydrogen) atoms. The van der Waals surface area contributed by atoms with Crippen molar-refractivity contribution in [2.75, 3.05) is 12.4 Å². The van der Waals surface area contributed by atoms with Crippen LogP contribution in [-0.2, 0) is 11.8 Å². The van der Waals surface area contributed by atoms with E-state index in [1.54, 1.807) is 17.6 Å². The molecule has 0 aliphatic rings. The lowest BCUT2D eigenvalue weighted by molar-refractivity contribution is -0.384. The van der Waals surface area contributed by atoms with Crippen LogP contribution in [-0.4, -0.2) is 38.0 Å². The van der Waals surface area contributed by atoms with Gasteiger partial charge in [0.2, 0.25) is 5.91 Å². The van der Waals surface area contributed by atoms with Crippen LogP contribution in [0.3, 0.4) is 0 Å². The van der Waals surface area contributed by atoms with Crippen LogP contribution in [0.5, 0.6) is 5.75 Å². The van der Waals surface area contributed by atoms with Gasteiger partial charge >= 0.3 is 0 Å². The molecule has 3 rings (SSSR count). The summed E-state index contributed by atoms with van der Waals surface area (Å²) in [4.78, 5) is 23.3. The Hall–Kier alpha value is -3.40. The van der Waals surface area contributed by atoms with Gasteiger partial charge in [-0.15, -0.1) is 10.2 Å². The molecule has 0 saturated carbocycles. The van der Waals surface area contributed by atoms with E-state index in [2.05, 4.69) is 15.5 Å². The number of hydrogen-bond acceptors (Lipinski definition) is 7. The molecular weight excluding hydrogens is 394 g/mol. The second-order valence-electron chi connectivity index (χ2n) is 6.12. The number of thioether (sulfide) groups is 1. The van der Waals surface area contributed by atoms with E-state index >= 15 is 0 Å². The minimum Gasteiger partial charge on any atom is -0.496 e. The van der Waals surface area contributed by atoms with Crippen molar-refractivity contribution in [2.45, 2.75) is 17.3 Å². The molecule has 0 unspecified atom stereocenters. The summed E-state index contributed by atoms with van der Waals surface area (Å²) in [7, 11) is 3.24. The zero-order valence-corrected chi connectivity index (χ0v) is 16.8. The number of nitrogens with one attached hydrogen (secondary N) is 1. The molecule has 0 bridgehead atoms. The van der Waals surface area contributed by atoms with Crippen LogP contribution in [0.15, 0.2) is 53.7 Å². The van der Waals surface area contributed by atoms with E-state index < -0.39 is 10.2 Å². The molecule has 1 amide bonds. The maximum atomic E-state index is 12.6. The van der Waals surface area contributed by atoms with Gasteiger partial charge in [0.25, 0.3) is 5.69 Å². The van der Waals surface area contributed by atoms with Gasteiger partial charge in [0.15, 0.2) is 11.0 Å². The number of ether oxygens (including phenoxy) is 1. The van der Waals surface area contributed by atoms with Gasteiger partial charge in [0.05, 0.1) is 23.3 Å². The number of benzene rings is 2. The van der Waals surface area contributed by atoms with Crippen LogP contribution >= 0.6 is 11.8 Å². The standard InChI is InChI=1S/C19H19N5O4S/c1-12(18(25)20-15-10-9-14(28-3)11-16(15)24(26)27)29-19-22-21-17(23(19)2)13-7-5-4-6-8-13/h4-12H,1-3H3,(H,20,25)/t12-/m1/s1. The van der Waals surface area contributed by atoms with Crippen LogP contribution in [0.25, 0.3) is 11.4 Å². The number of nitro groups is 1. The lowest BCUT2D eigenvalue weighted by atomic mass is 10.2. The summed E-state index contributed by atoms with van der Waals surface area (Å²) in [6.07, 6.45) is 0. The van der Waals surface area contributed by atoms with Gasteiger partial charge in [-0.25, -0.2) is 0 Å². The topological polar surface area (TPSA) is 112 Å². The predicted octanol–water partition coefficient (Wildman–Crippen LogP) is 3.52. The number of rotatable bonds is 7. The van der Waals surface area contributed by atoms with E-state index in [9.17, 15) is 14.9 Å². The van der Waals surface area contributed by atoms with Gasteiger partial charge in [0.1, 0.15) is 11.4 Å². The third-order valence-electron chi connectivity index (χ3n) is 4.18. The summed E-state index contributed by atoms with van der Waals surface area (Å²) in [6, 6.07) is 13.9. The minimum absolute atomic E-state index is 0.108. The monoisotopic (exact) mass is 413 g/mol. The third kappa shape index (κ3) is 4.54. The van der Waals surface area contributed by atoms with Crippen LogP contribution in [0, 0.1) is 10.1 Å². The highest BCUT2D eigenvalue weighted by Crippen LogP contribution is 2.31. The van der Waals surface area contributed by atoms with Gasteiger partial charge in [-0.3, -0.25) is 14.9 Å². The predicted molar refractivity (Wildman–Crippen MR) is 110 cm³/mol. The number of carbonyl (C=O) groups is 1. The van der Waals surface area contributed by atoms with Crippen molar-refractivity contribution in [2.24, 2.45) is 7.05 Å². The van der Waals surface area contributed by atoms with Gasteiger partial charge < -0.3 is 14.6 Å². The van der Waals surface area contributed by atoms with Crippen molar-refractivity contribution in [1.29, 1.82) is 0 Å². The van der Waals surface area contributed by atoms with Crippen molar-refractivity contribution in [1.82, 2.24) is 14.8 Å². The molecule has 10 heteroatoms. The molecule has 0 radical (unpaired) electrons. The van der Waals surface area contributed by atoms with E-state index in [1.807, 2.05) is 37.4 Å². The summed E-state index contributed by atoms with van der Waals surface area (Å²) in [5, 5.41) is 22.3. The van der Waals surface area contributed by atoms with E-state index in [1.165, 1.54) is 31.0 Å². The van der Waals surface area contributed by atoms with E-state index in [-0.39, 0.29) is 17.3 Å². The van der Waals surface area contributed by atoms with Crippen LogP contribution in [0.1, 0.15) is 6.92 Å². The normalized spacial score (nSPS) is 11.7. The number of amides is 1. The Morgan fingerprint density at radius 1 is 1.24 bits per heavy atom. The Morgan fingerprint density at radius 3 is 2.62 bits per heavy atom. The minimum atomic E-state index is -0.565. The number of methoxy groups -OCH3 is 1. The number of hydrogen-bond donors (Lipinski definition) is 1. The Bertz CT molecular complexity index is 1040. The molecule has 1 aromatic heterocycles. The molecule has 0 aliphatic heterocycles. The molecule has 9 nitrogen and oxygen atoms in total. The molecule has 1 atom stereocenters. The maximum absolute atomic E-state index is 12.6. The highest BCUT2D eigenvalue weighted by Gasteiger charge is 2.23. The molecule has 1 heterocycles. The molecular formula is C19H19N5O4S. The van der Waals surface area contributed by atoms with Crippen molar-refractivity contribution in [3.63, 3.8) is 0 Å². The number of nitrogens with zero attached hydrogens (tertiary/aromatic N) is 4. The van der Waals surface area contributed by atoms with E-state index in [0.717, 1.165) is 5.56 Å². The van der Waals surface area contributed by atoms with E-state index in [4.69, 9.17) is 4.74 Å². The first kappa shape index (κ1) is 20.3. The fourth-order valence-electron chi connectivity index (χ4n) is 2.60. The fourth-order valence-corrected chi connectivity index (χ4v) is 3.41. The summed E-state index contributed by atoms with van der Waals surface area (Å²) in [5.41, 5.74) is 0.788. The highest BCUT2D eigenvalue weighted by molar-refractivity contribution is 8.00. The molecule has 1 N–H and O–H groups in total. The molecule has 0 aliphatic carbocycles. The molecule has 0 saturated heterocycles. The molecule has 0 spiro atoms. The first-order valence-corrected chi connectivity index (χ1v) is 9.53.